The van der Waals surface area contributed by atoms with E-state index >= 15 is 0 Å². The number of carbonyl (C=O) groups is 2. The van der Waals surface area contributed by atoms with E-state index in [-0.39, 0.29) is 12.6 Å². The SMILES string of the molecule is O=C(O)[C@@H]1CCN(C(=O)Nc2ccccc2Cc2ccccn2)C1. The van der Waals surface area contributed by atoms with Gasteiger partial charge in [-0.25, -0.2) is 4.79 Å². The Bertz CT molecular complexity index is 733. The summed E-state index contributed by atoms with van der Waals surface area (Å²) in [5.74, 6) is -1.32. The third-order valence-corrected chi connectivity index (χ3v) is 4.18. The Morgan fingerprint density at radius 3 is 2.71 bits per heavy atom. The van der Waals surface area contributed by atoms with Crippen molar-refractivity contribution in [3.05, 3.63) is 59.9 Å². The molecule has 6 heteroatoms. The molecule has 2 aromatic rings. The summed E-state index contributed by atoms with van der Waals surface area (Å²) in [4.78, 5) is 29.3. The summed E-state index contributed by atoms with van der Waals surface area (Å²) in [6, 6.07) is 13.1. The molecule has 0 bridgehead atoms. The van der Waals surface area contributed by atoms with Crippen LogP contribution < -0.4 is 5.32 Å². The molecular weight excluding hydrogens is 306 g/mol. The van der Waals surface area contributed by atoms with Crippen molar-refractivity contribution in [3.63, 3.8) is 0 Å². The minimum atomic E-state index is -0.846. The molecule has 0 aliphatic carbocycles. The maximum Gasteiger partial charge on any atom is 0.321 e. The van der Waals surface area contributed by atoms with Crippen molar-refractivity contribution in [2.24, 2.45) is 5.92 Å². The number of nitrogens with zero attached hydrogens (tertiary/aromatic N) is 2. The van der Waals surface area contributed by atoms with Crippen LogP contribution in [-0.2, 0) is 11.2 Å². The third kappa shape index (κ3) is 3.71. The number of urea groups is 1. The lowest BCUT2D eigenvalue weighted by Gasteiger charge is -2.18. The Morgan fingerprint density at radius 1 is 1.21 bits per heavy atom. The van der Waals surface area contributed by atoms with E-state index < -0.39 is 11.9 Å². The Kier molecular flexibility index (Phi) is 4.74. The van der Waals surface area contributed by atoms with E-state index in [1.807, 2.05) is 42.5 Å². The van der Waals surface area contributed by atoms with Crippen molar-refractivity contribution >= 4 is 17.7 Å². The number of rotatable bonds is 4. The summed E-state index contributed by atoms with van der Waals surface area (Å²) in [5, 5.41) is 11.9. The van der Waals surface area contributed by atoms with E-state index in [0.717, 1.165) is 16.9 Å². The van der Waals surface area contributed by atoms with E-state index in [9.17, 15) is 9.59 Å². The molecule has 2 N–H and O–H groups in total. The number of hydrogen-bond donors (Lipinski definition) is 2. The Labute approximate surface area is 140 Å². The van der Waals surface area contributed by atoms with Crippen LogP contribution in [0.1, 0.15) is 17.7 Å². The number of carboxylic acid groups (broad SMARTS) is 1. The van der Waals surface area contributed by atoms with Crippen LogP contribution in [0.2, 0.25) is 0 Å². The zero-order chi connectivity index (χ0) is 16.9. The monoisotopic (exact) mass is 325 g/mol. The normalized spacial score (nSPS) is 16.8. The number of carbonyl (C=O) groups excluding carboxylic acids is 1. The molecule has 1 fully saturated rings. The zero-order valence-electron chi connectivity index (χ0n) is 13.2. The smallest absolute Gasteiger partial charge is 0.321 e. The van der Waals surface area contributed by atoms with Crippen LogP contribution in [-0.4, -0.2) is 40.1 Å². The predicted octanol–water partition coefficient (Wildman–Crippen LogP) is 2.61. The molecule has 0 unspecified atom stereocenters. The third-order valence-electron chi connectivity index (χ3n) is 4.18. The topological polar surface area (TPSA) is 82.5 Å². The fraction of sp³-hybridized carbons (Fsp3) is 0.278. The molecule has 1 atom stereocenters. The van der Waals surface area contributed by atoms with Gasteiger partial charge in [-0.1, -0.05) is 24.3 Å². The van der Waals surface area contributed by atoms with Crippen molar-refractivity contribution in [1.82, 2.24) is 9.88 Å². The summed E-state index contributed by atoms with van der Waals surface area (Å²) >= 11 is 0. The van der Waals surface area contributed by atoms with Gasteiger partial charge in [-0.3, -0.25) is 9.78 Å². The van der Waals surface area contributed by atoms with Gasteiger partial charge < -0.3 is 15.3 Å². The van der Waals surface area contributed by atoms with Gasteiger partial charge in [0, 0.05) is 37.1 Å². The van der Waals surface area contributed by atoms with Crippen molar-refractivity contribution < 1.29 is 14.7 Å². The molecule has 1 aromatic carbocycles. The largest absolute Gasteiger partial charge is 0.481 e. The molecule has 2 amide bonds. The van der Waals surface area contributed by atoms with Crippen LogP contribution in [0, 0.1) is 5.92 Å². The van der Waals surface area contributed by atoms with Crippen LogP contribution in [0.3, 0.4) is 0 Å². The molecule has 0 radical (unpaired) electrons. The first-order valence-corrected chi connectivity index (χ1v) is 7.90. The number of hydrogen-bond acceptors (Lipinski definition) is 3. The predicted molar refractivity (Wildman–Crippen MR) is 89.8 cm³/mol. The van der Waals surface area contributed by atoms with Crippen LogP contribution in [0.4, 0.5) is 10.5 Å². The number of aliphatic carboxylic acids is 1. The molecule has 124 valence electrons. The number of amides is 2. The number of nitrogens with one attached hydrogen (secondary N) is 1. The first-order chi connectivity index (χ1) is 11.6. The van der Waals surface area contributed by atoms with E-state index in [2.05, 4.69) is 10.3 Å². The highest BCUT2D eigenvalue weighted by Gasteiger charge is 2.30. The van der Waals surface area contributed by atoms with Crippen LogP contribution in [0.15, 0.2) is 48.7 Å². The number of anilines is 1. The average molecular weight is 325 g/mol. The van der Waals surface area contributed by atoms with Gasteiger partial charge in [0.1, 0.15) is 0 Å². The Balaban J connectivity index is 1.69. The highest BCUT2D eigenvalue weighted by Crippen LogP contribution is 2.21. The van der Waals surface area contributed by atoms with E-state index in [1.54, 1.807) is 11.1 Å². The molecule has 1 aromatic heterocycles. The molecule has 3 rings (SSSR count). The summed E-state index contributed by atoms with van der Waals surface area (Å²) in [7, 11) is 0. The van der Waals surface area contributed by atoms with Crippen molar-refractivity contribution in [2.75, 3.05) is 18.4 Å². The average Bonchev–Trinajstić information content (AvgIpc) is 3.08. The number of pyridine rings is 1. The van der Waals surface area contributed by atoms with Crippen molar-refractivity contribution in [3.8, 4) is 0 Å². The molecule has 0 saturated carbocycles. The number of aromatic nitrogens is 1. The molecular formula is C18H19N3O3. The molecule has 0 spiro atoms. The van der Waals surface area contributed by atoms with Crippen LogP contribution in [0.5, 0.6) is 0 Å². The van der Waals surface area contributed by atoms with Crippen molar-refractivity contribution in [2.45, 2.75) is 12.8 Å². The van der Waals surface area contributed by atoms with Gasteiger partial charge in [0.2, 0.25) is 0 Å². The highest BCUT2D eigenvalue weighted by molar-refractivity contribution is 5.91. The maximum atomic E-state index is 12.4. The second-order valence-electron chi connectivity index (χ2n) is 5.86. The number of para-hydroxylation sites is 1. The van der Waals surface area contributed by atoms with Crippen molar-refractivity contribution in [1.29, 1.82) is 0 Å². The highest BCUT2D eigenvalue weighted by atomic mass is 16.4. The summed E-state index contributed by atoms with van der Waals surface area (Å²) < 4.78 is 0. The molecule has 1 saturated heterocycles. The molecule has 1 aliphatic heterocycles. The lowest BCUT2D eigenvalue weighted by atomic mass is 10.1. The Hall–Kier alpha value is -2.89. The van der Waals surface area contributed by atoms with E-state index in [1.165, 1.54) is 0 Å². The van der Waals surface area contributed by atoms with Crippen LogP contribution >= 0.6 is 0 Å². The second kappa shape index (κ2) is 7.12. The van der Waals surface area contributed by atoms with Gasteiger partial charge in [-0.15, -0.1) is 0 Å². The standard InChI is InChI=1S/C18H19N3O3/c22-17(23)14-8-10-21(12-14)18(24)20-16-7-2-1-5-13(16)11-15-6-3-4-9-19-15/h1-7,9,14H,8,10-12H2,(H,20,24)(H,22,23)/t14-/m1/s1. The second-order valence-corrected chi connectivity index (χ2v) is 5.86. The minimum absolute atomic E-state index is 0.254. The molecule has 2 heterocycles. The first-order valence-electron chi connectivity index (χ1n) is 7.90. The molecule has 1 aliphatic rings. The minimum Gasteiger partial charge on any atom is -0.481 e. The fourth-order valence-corrected chi connectivity index (χ4v) is 2.83. The van der Waals surface area contributed by atoms with Gasteiger partial charge in [0.25, 0.3) is 0 Å². The van der Waals surface area contributed by atoms with Gasteiger partial charge in [-0.05, 0) is 30.2 Å². The van der Waals surface area contributed by atoms with Gasteiger partial charge >= 0.3 is 12.0 Å². The summed E-state index contributed by atoms with van der Waals surface area (Å²) in [6.07, 6.45) is 2.86. The number of carboxylic acids is 1. The quantitative estimate of drug-likeness (QED) is 0.905. The van der Waals surface area contributed by atoms with Gasteiger partial charge in [-0.2, -0.15) is 0 Å². The van der Waals surface area contributed by atoms with Gasteiger partial charge in [0.15, 0.2) is 0 Å². The van der Waals surface area contributed by atoms with E-state index in [4.69, 9.17) is 5.11 Å². The van der Waals surface area contributed by atoms with Crippen LogP contribution in [0.25, 0.3) is 0 Å². The number of likely N-dealkylation sites (tertiary alicyclic amines) is 1. The number of benzene rings is 1. The summed E-state index contributed by atoms with van der Waals surface area (Å²) in [6.45, 7) is 0.717. The first kappa shape index (κ1) is 16.0. The molecule has 6 nitrogen and oxygen atoms in total. The summed E-state index contributed by atoms with van der Waals surface area (Å²) in [5.41, 5.74) is 2.62. The molecule has 24 heavy (non-hydrogen) atoms. The lowest BCUT2D eigenvalue weighted by molar-refractivity contribution is -0.141. The zero-order valence-corrected chi connectivity index (χ0v) is 13.2. The van der Waals surface area contributed by atoms with E-state index in [0.29, 0.717) is 19.4 Å². The van der Waals surface area contributed by atoms with Gasteiger partial charge in [0.05, 0.1) is 5.92 Å². The Morgan fingerprint density at radius 2 is 2.00 bits per heavy atom. The lowest BCUT2D eigenvalue weighted by Crippen LogP contribution is -2.34. The fourth-order valence-electron chi connectivity index (χ4n) is 2.83. The maximum absolute atomic E-state index is 12.4.